The van der Waals surface area contributed by atoms with Crippen molar-refractivity contribution in [2.24, 2.45) is 0 Å². The van der Waals surface area contributed by atoms with E-state index in [9.17, 15) is 4.79 Å². The molecule has 1 amide bonds. The Hall–Kier alpha value is -2.11. The lowest BCUT2D eigenvalue weighted by atomic mass is 10.2. The number of halogens is 1. The van der Waals surface area contributed by atoms with Crippen LogP contribution in [-0.2, 0) is 11.4 Å². The molecule has 2 N–H and O–H groups in total. The molecule has 0 saturated heterocycles. The van der Waals surface area contributed by atoms with E-state index >= 15 is 0 Å². The molecular formula is C18H18BrNO3. The minimum Gasteiger partial charge on any atom is -0.488 e. The van der Waals surface area contributed by atoms with E-state index in [1.807, 2.05) is 48.5 Å². The van der Waals surface area contributed by atoms with Crippen LogP contribution in [-0.4, -0.2) is 24.2 Å². The molecule has 0 unspecified atom stereocenters. The zero-order valence-electron chi connectivity index (χ0n) is 12.5. The molecule has 0 heterocycles. The second kappa shape index (κ2) is 9.12. The van der Waals surface area contributed by atoms with Gasteiger partial charge in [0, 0.05) is 22.7 Å². The lowest BCUT2D eigenvalue weighted by molar-refractivity contribution is -0.116. The van der Waals surface area contributed by atoms with Crippen LogP contribution >= 0.6 is 15.9 Å². The maximum atomic E-state index is 11.6. The van der Waals surface area contributed by atoms with Crippen LogP contribution in [0.3, 0.4) is 0 Å². The number of carbonyl (C=O) groups excluding carboxylic acids is 1. The number of hydrogen-bond donors (Lipinski definition) is 2. The number of ether oxygens (including phenoxy) is 1. The van der Waals surface area contributed by atoms with Gasteiger partial charge in [-0.25, -0.2) is 0 Å². The second-order valence-corrected chi connectivity index (χ2v) is 5.72. The normalized spacial score (nSPS) is 10.7. The maximum absolute atomic E-state index is 11.6. The van der Waals surface area contributed by atoms with Gasteiger partial charge in [-0.1, -0.05) is 46.3 Å². The number of hydrogen-bond acceptors (Lipinski definition) is 3. The number of amides is 1. The molecule has 0 aliphatic carbocycles. The predicted molar refractivity (Wildman–Crippen MR) is 94.0 cm³/mol. The minimum absolute atomic E-state index is 0.0814. The predicted octanol–water partition coefficient (Wildman–Crippen LogP) is 3.15. The Bertz CT molecular complexity index is 671. The molecule has 5 heteroatoms. The van der Waals surface area contributed by atoms with Crippen LogP contribution < -0.4 is 10.1 Å². The van der Waals surface area contributed by atoms with Crippen molar-refractivity contribution in [3.63, 3.8) is 0 Å². The van der Waals surface area contributed by atoms with Gasteiger partial charge in [0.1, 0.15) is 12.4 Å². The fraction of sp³-hybridized carbons (Fsp3) is 0.167. The van der Waals surface area contributed by atoms with E-state index < -0.39 is 0 Å². The van der Waals surface area contributed by atoms with Crippen molar-refractivity contribution >= 4 is 27.9 Å². The monoisotopic (exact) mass is 375 g/mol. The molecule has 0 spiro atoms. The molecule has 0 aromatic heterocycles. The fourth-order valence-electron chi connectivity index (χ4n) is 1.92. The number of rotatable bonds is 7. The van der Waals surface area contributed by atoms with Gasteiger partial charge < -0.3 is 15.2 Å². The summed E-state index contributed by atoms with van der Waals surface area (Å²) in [5.74, 6) is 0.441. The van der Waals surface area contributed by atoms with Crippen LogP contribution in [0.1, 0.15) is 11.1 Å². The van der Waals surface area contributed by atoms with Crippen LogP contribution in [0.25, 0.3) is 6.08 Å². The average molecular weight is 376 g/mol. The van der Waals surface area contributed by atoms with Gasteiger partial charge in [0.15, 0.2) is 0 Å². The van der Waals surface area contributed by atoms with E-state index in [0.29, 0.717) is 12.4 Å². The van der Waals surface area contributed by atoms with E-state index in [4.69, 9.17) is 9.84 Å². The summed E-state index contributed by atoms with van der Waals surface area (Å²) in [6, 6.07) is 15.5. The van der Waals surface area contributed by atoms with Crippen molar-refractivity contribution in [1.82, 2.24) is 5.32 Å². The van der Waals surface area contributed by atoms with E-state index in [2.05, 4.69) is 21.2 Å². The first-order chi connectivity index (χ1) is 11.2. The van der Waals surface area contributed by atoms with Crippen molar-refractivity contribution in [1.29, 1.82) is 0 Å². The van der Waals surface area contributed by atoms with Crippen molar-refractivity contribution in [3.8, 4) is 5.75 Å². The molecule has 2 rings (SSSR count). The number of aliphatic hydroxyl groups is 1. The average Bonchev–Trinajstić information content (AvgIpc) is 2.58. The van der Waals surface area contributed by atoms with Crippen LogP contribution in [0, 0.1) is 0 Å². The Labute approximate surface area is 143 Å². The molecule has 0 bridgehead atoms. The molecule has 0 aliphatic rings. The minimum atomic E-state index is -0.256. The first kappa shape index (κ1) is 17.2. The quantitative estimate of drug-likeness (QED) is 0.730. The highest BCUT2D eigenvalue weighted by molar-refractivity contribution is 9.10. The van der Waals surface area contributed by atoms with Crippen molar-refractivity contribution < 1.29 is 14.6 Å². The SMILES string of the molecule is O=C(/C=C/c1cc(Br)ccc1OCc1ccccc1)NCCO. The van der Waals surface area contributed by atoms with Gasteiger partial charge >= 0.3 is 0 Å². The molecule has 4 nitrogen and oxygen atoms in total. The Balaban J connectivity index is 2.07. The maximum Gasteiger partial charge on any atom is 0.244 e. The summed E-state index contributed by atoms with van der Waals surface area (Å²) >= 11 is 3.42. The highest BCUT2D eigenvalue weighted by Crippen LogP contribution is 2.25. The Morgan fingerprint density at radius 1 is 1.22 bits per heavy atom. The van der Waals surface area contributed by atoms with E-state index in [1.54, 1.807) is 6.08 Å². The summed E-state index contributed by atoms with van der Waals surface area (Å²) in [4.78, 5) is 11.6. The molecule has 0 saturated carbocycles. The summed E-state index contributed by atoms with van der Waals surface area (Å²) < 4.78 is 6.75. The number of aliphatic hydroxyl groups excluding tert-OH is 1. The third-order valence-corrected chi connectivity index (χ3v) is 3.53. The molecule has 0 fully saturated rings. The third-order valence-electron chi connectivity index (χ3n) is 3.03. The van der Waals surface area contributed by atoms with Crippen molar-refractivity contribution in [2.75, 3.05) is 13.2 Å². The number of carbonyl (C=O) groups is 1. The molecular weight excluding hydrogens is 358 g/mol. The molecule has 0 aliphatic heterocycles. The smallest absolute Gasteiger partial charge is 0.244 e. The molecule has 0 radical (unpaired) electrons. The first-order valence-corrected chi connectivity index (χ1v) is 8.01. The summed E-state index contributed by atoms with van der Waals surface area (Å²) in [6.07, 6.45) is 3.12. The third kappa shape index (κ3) is 5.88. The largest absolute Gasteiger partial charge is 0.488 e. The van der Waals surface area contributed by atoms with Gasteiger partial charge in [0.05, 0.1) is 6.61 Å². The molecule has 2 aromatic carbocycles. The lowest BCUT2D eigenvalue weighted by Crippen LogP contribution is -2.24. The van der Waals surface area contributed by atoms with Gasteiger partial charge in [0.25, 0.3) is 0 Å². The summed E-state index contributed by atoms with van der Waals surface area (Å²) in [6.45, 7) is 0.612. The number of benzene rings is 2. The zero-order chi connectivity index (χ0) is 16.5. The van der Waals surface area contributed by atoms with Crippen LogP contribution in [0.15, 0.2) is 59.1 Å². The summed E-state index contributed by atoms with van der Waals surface area (Å²) in [5.41, 5.74) is 1.88. The molecule has 0 atom stereocenters. The summed E-state index contributed by atoms with van der Waals surface area (Å²) in [7, 11) is 0. The van der Waals surface area contributed by atoms with Gasteiger partial charge in [-0.05, 0) is 29.8 Å². The highest BCUT2D eigenvalue weighted by Gasteiger charge is 2.04. The van der Waals surface area contributed by atoms with E-state index in [0.717, 1.165) is 15.6 Å². The number of nitrogens with one attached hydrogen (secondary N) is 1. The molecule has 2 aromatic rings. The topological polar surface area (TPSA) is 58.6 Å². The van der Waals surface area contributed by atoms with E-state index in [-0.39, 0.29) is 19.1 Å². The second-order valence-electron chi connectivity index (χ2n) is 4.80. The lowest BCUT2D eigenvalue weighted by Gasteiger charge is -2.10. The van der Waals surface area contributed by atoms with Crippen LogP contribution in [0.4, 0.5) is 0 Å². The first-order valence-electron chi connectivity index (χ1n) is 7.22. The van der Waals surface area contributed by atoms with Gasteiger partial charge in [-0.2, -0.15) is 0 Å². The Kier molecular flexibility index (Phi) is 6.84. The van der Waals surface area contributed by atoms with Crippen molar-refractivity contribution in [2.45, 2.75) is 6.61 Å². The van der Waals surface area contributed by atoms with Crippen molar-refractivity contribution in [3.05, 3.63) is 70.2 Å². The van der Waals surface area contributed by atoms with Crippen LogP contribution in [0.5, 0.6) is 5.75 Å². The Morgan fingerprint density at radius 2 is 2.00 bits per heavy atom. The zero-order valence-corrected chi connectivity index (χ0v) is 14.1. The Morgan fingerprint density at radius 3 is 2.74 bits per heavy atom. The standard InChI is InChI=1S/C18H18BrNO3/c19-16-7-8-17(23-13-14-4-2-1-3-5-14)15(12-16)6-9-18(22)20-10-11-21/h1-9,12,21H,10-11,13H2,(H,20,22)/b9-6+. The van der Waals surface area contributed by atoms with E-state index in [1.165, 1.54) is 6.08 Å². The highest BCUT2D eigenvalue weighted by atomic mass is 79.9. The fourth-order valence-corrected chi connectivity index (χ4v) is 2.30. The van der Waals surface area contributed by atoms with Crippen LogP contribution in [0.2, 0.25) is 0 Å². The van der Waals surface area contributed by atoms with Gasteiger partial charge in [-0.15, -0.1) is 0 Å². The van der Waals surface area contributed by atoms with Gasteiger partial charge in [-0.3, -0.25) is 4.79 Å². The molecule has 23 heavy (non-hydrogen) atoms. The molecule has 120 valence electrons. The summed E-state index contributed by atoms with van der Waals surface area (Å²) in [5, 5.41) is 11.3. The van der Waals surface area contributed by atoms with Gasteiger partial charge in [0.2, 0.25) is 5.91 Å².